The molecule has 3 heteroatoms. The van der Waals surface area contributed by atoms with Crippen LogP contribution in [0.5, 0.6) is 0 Å². The van der Waals surface area contributed by atoms with Gasteiger partial charge in [-0.3, -0.25) is 5.32 Å². The van der Waals surface area contributed by atoms with Crippen LogP contribution in [0.4, 0.5) is 0 Å². The largest absolute Gasteiger partial charge is 0.356 e. The third kappa shape index (κ3) is 2.28. The molecule has 1 aliphatic heterocycles. The SMILES string of the molecule is OC1N[C@@H](Cc2ccccc2)CO1. The number of hydrogen-bond donors (Lipinski definition) is 2. The fourth-order valence-electron chi connectivity index (χ4n) is 1.52. The van der Waals surface area contributed by atoms with E-state index in [-0.39, 0.29) is 6.04 Å². The topological polar surface area (TPSA) is 41.5 Å². The van der Waals surface area contributed by atoms with E-state index in [9.17, 15) is 0 Å². The maximum Gasteiger partial charge on any atom is 0.213 e. The van der Waals surface area contributed by atoms with Gasteiger partial charge in [0, 0.05) is 6.04 Å². The van der Waals surface area contributed by atoms with E-state index < -0.39 is 6.41 Å². The molecule has 1 aromatic rings. The molecule has 1 unspecified atom stereocenters. The van der Waals surface area contributed by atoms with Gasteiger partial charge in [-0.15, -0.1) is 0 Å². The summed E-state index contributed by atoms with van der Waals surface area (Å²) in [4.78, 5) is 0. The molecule has 2 rings (SSSR count). The lowest BCUT2D eigenvalue weighted by atomic mass is 10.1. The number of benzene rings is 1. The lowest BCUT2D eigenvalue weighted by Crippen LogP contribution is -2.31. The van der Waals surface area contributed by atoms with Crippen molar-refractivity contribution in [3.63, 3.8) is 0 Å². The van der Waals surface area contributed by atoms with Crippen molar-refractivity contribution in [2.45, 2.75) is 18.9 Å². The van der Waals surface area contributed by atoms with Crippen LogP contribution in [0.3, 0.4) is 0 Å². The monoisotopic (exact) mass is 179 g/mol. The first-order chi connectivity index (χ1) is 6.34. The van der Waals surface area contributed by atoms with Gasteiger partial charge in [-0.05, 0) is 12.0 Å². The second kappa shape index (κ2) is 3.87. The number of aliphatic hydroxyl groups is 1. The van der Waals surface area contributed by atoms with Gasteiger partial charge in [-0.1, -0.05) is 30.3 Å². The maximum absolute atomic E-state index is 9.04. The van der Waals surface area contributed by atoms with Gasteiger partial charge in [0.05, 0.1) is 6.61 Å². The van der Waals surface area contributed by atoms with Crippen molar-refractivity contribution in [1.82, 2.24) is 5.32 Å². The smallest absolute Gasteiger partial charge is 0.213 e. The highest BCUT2D eigenvalue weighted by atomic mass is 16.6. The van der Waals surface area contributed by atoms with Crippen LogP contribution in [-0.2, 0) is 11.2 Å². The number of ether oxygens (including phenoxy) is 1. The van der Waals surface area contributed by atoms with Crippen LogP contribution in [0.1, 0.15) is 5.56 Å². The molecule has 70 valence electrons. The highest BCUT2D eigenvalue weighted by Gasteiger charge is 2.21. The van der Waals surface area contributed by atoms with Crippen LogP contribution < -0.4 is 5.32 Å². The van der Waals surface area contributed by atoms with Gasteiger partial charge in [0.15, 0.2) is 0 Å². The number of rotatable bonds is 2. The van der Waals surface area contributed by atoms with Crippen molar-refractivity contribution in [1.29, 1.82) is 0 Å². The lowest BCUT2D eigenvalue weighted by molar-refractivity contribution is -0.0719. The van der Waals surface area contributed by atoms with Crippen LogP contribution in [0.2, 0.25) is 0 Å². The van der Waals surface area contributed by atoms with Crippen molar-refractivity contribution >= 4 is 0 Å². The molecule has 13 heavy (non-hydrogen) atoms. The standard InChI is InChI=1S/C10H13NO2/c12-10-11-9(7-13-10)6-8-4-2-1-3-5-8/h1-5,9-12H,6-7H2/t9-,10?/m0/s1. The van der Waals surface area contributed by atoms with E-state index in [0.29, 0.717) is 6.61 Å². The van der Waals surface area contributed by atoms with Gasteiger partial charge >= 0.3 is 0 Å². The molecule has 1 aromatic carbocycles. The summed E-state index contributed by atoms with van der Waals surface area (Å²) in [7, 11) is 0. The molecule has 0 amide bonds. The molecule has 0 bridgehead atoms. The molecule has 1 aliphatic rings. The minimum Gasteiger partial charge on any atom is -0.356 e. The summed E-state index contributed by atoms with van der Waals surface area (Å²) in [5, 5.41) is 12.0. The average Bonchev–Trinajstić information content (AvgIpc) is 2.53. The Morgan fingerprint density at radius 1 is 1.38 bits per heavy atom. The van der Waals surface area contributed by atoms with E-state index >= 15 is 0 Å². The molecule has 1 saturated heterocycles. The molecule has 2 atom stereocenters. The number of hydrogen-bond acceptors (Lipinski definition) is 3. The first-order valence-electron chi connectivity index (χ1n) is 4.44. The lowest BCUT2D eigenvalue weighted by Gasteiger charge is -2.07. The van der Waals surface area contributed by atoms with Crippen LogP contribution in [0, 0.1) is 0 Å². The van der Waals surface area contributed by atoms with E-state index in [0.717, 1.165) is 6.42 Å². The molecule has 3 nitrogen and oxygen atoms in total. The zero-order chi connectivity index (χ0) is 9.10. The van der Waals surface area contributed by atoms with Gasteiger partial charge in [-0.25, -0.2) is 0 Å². The van der Waals surface area contributed by atoms with E-state index in [1.54, 1.807) is 0 Å². The second-order valence-electron chi connectivity index (χ2n) is 3.24. The third-order valence-corrected chi connectivity index (χ3v) is 2.16. The summed E-state index contributed by atoms with van der Waals surface area (Å²) >= 11 is 0. The van der Waals surface area contributed by atoms with E-state index in [1.807, 2.05) is 18.2 Å². The Hall–Kier alpha value is -0.900. The highest BCUT2D eigenvalue weighted by Crippen LogP contribution is 2.08. The minimum absolute atomic E-state index is 0.234. The van der Waals surface area contributed by atoms with Gasteiger partial charge in [0.2, 0.25) is 6.41 Å². The summed E-state index contributed by atoms with van der Waals surface area (Å²) < 4.78 is 4.98. The fraction of sp³-hybridized carbons (Fsp3) is 0.400. The van der Waals surface area contributed by atoms with Crippen molar-refractivity contribution in [3.8, 4) is 0 Å². The van der Waals surface area contributed by atoms with Gasteiger partial charge in [-0.2, -0.15) is 0 Å². The molecule has 1 fully saturated rings. The zero-order valence-electron chi connectivity index (χ0n) is 7.31. The normalized spacial score (nSPS) is 27.8. The summed E-state index contributed by atoms with van der Waals surface area (Å²) in [6.45, 7) is 0.579. The molecular formula is C10H13NO2. The van der Waals surface area contributed by atoms with Gasteiger partial charge in [0.25, 0.3) is 0 Å². The molecule has 1 heterocycles. The number of aliphatic hydroxyl groups excluding tert-OH is 1. The van der Waals surface area contributed by atoms with E-state index in [1.165, 1.54) is 5.56 Å². The Balaban J connectivity index is 1.92. The molecule has 0 spiro atoms. The molecule has 0 radical (unpaired) electrons. The van der Waals surface area contributed by atoms with E-state index in [2.05, 4.69) is 17.4 Å². The van der Waals surface area contributed by atoms with Crippen LogP contribution in [0.25, 0.3) is 0 Å². The van der Waals surface area contributed by atoms with Crippen molar-refractivity contribution in [2.24, 2.45) is 0 Å². The molecule has 2 N–H and O–H groups in total. The molecule has 0 aliphatic carbocycles. The number of nitrogens with one attached hydrogen (secondary N) is 1. The Morgan fingerprint density at radius 2 is 2.15 bits per heavy atom. The average molecular weight is 179 g/mol. The van der Waals surface area contributed by atoms with Crippen LogP contribution in [0.15, 0.2) is 30.3 Å². The highest BCUT2D eigenvalue weighted by molar-refractivity contribution is 5.16. The summed E-state index contributed by atoms with van der Waals surface area (Å²) in [6, 6.07) is 10.4. The third-order valence-electron chi connectivity index (χ3n) is 2.16. The first kappa shape index (κ1) is 8.69. The van der Waals surface area contributed by atoms with Crippen molar-refractivity contribution in [2.75, 3.05) is 6.61 Å². The van der Waals surface area contributed by atoms with Crippen molar-refractivity contribution < 1.29 is 9.84 Å². The molecular weight excluding hydrogens is 166 g/mol. The molecule has 0 saturated carbocycles. The maximum atomic E-state index is 9.04. The summed E-state index contributed by atoms with van der Waals surface area (Å²) in [6.07, 6.45) is 0.117. The Bertz CT molecular complexity index is 263. The van der Waals surface area contributed by atoms with Crippen LogP contribution in [-0.4, -0.2) is 24.2 Å². The van der Waals surface area contributed by atoms with Crippen molar-refractivity contribution in [3.05, 3.63) is 35.9 Å². The van der Waals surface area contributed by atoms with E-state index in [4.69, 9.17) is 9.84 Å². The Morgan fingerprint density at radius 3 is 2.77 bits per heavy atom. The van der Waals surface area contributed by atoms with Gasteiger partial charge < -0.3 is 9.84 Å². The Kier molecular flexibility index (Phi) is 2.59. The zero-order valence-corrected chi connectivity index (χ0v) is 7.31. The van der Waals surface area contributed by atoms with Gasteiger partial charge in [0.1, 0.15) is 0 Å². The summed E-state index contributed by atoms with van der Waals surface area (Å²) in [5.74, 6) is 0. The predicted octanol–water partition coefficient (Wildman–Crippen LogP) is 0.493. The first-order valence-corrected chi connectivity index (χ1v) is 4.44. The molecule has 0 aromatic heterocycles. The fourth-order valence-corrected chi connectivity index (χ4v) is 1.52. The van der Waals surface area contributed by atoms with Crippen LogP contribution >= 0.6 is 0 Å². The minimum atomic E-state index is -0.784. The predicted molar refractivity (Wildman–Crippen MR) is 49.0 cm³/mol. The second-order valence-corrected chi connectivity index (χ2v) is 3.24. The quantitative estimate of drug-likeness (QED) is 0.694. The summed E-state index contributed by atoms with van der Waals surface area (Å²) in [5.41, 5.74) is 1.26. The Labute approximate surface area is 77.3 Å².